The average molecular weight is 281 g/mol. The fraction of sp³-hybridized carbons (Fsp3) is 0. The number of nitrogens with two attached hydrogens (primary N) is 2. The fourth-order valence-electron chi connectivity index (χ4n) is 1.50. The van der Waals surface area contributed by atoms with Gasteiger partial charge in [-0.05, 0) is 24.3 Å². The molecule has 98 valence electrons. The minimum absolute atomic E-state index is 0.0333. The number of carbonyl (C=O) groups excluding carboxylic acids is 1. The van der Waals surface area contributed by atoms with E-state index in [1.54, 1.807) is 0 Å². The summed E-state index contributed by atoms with van der Waals surface area (Å²) in [6.07, 6.45) is 1.37. The van der Waals surface area contributed by atoms with Crippen molar-refractivity contribution in [2.45, 2.75) is 0 Å². The lowest BCUT2D eigenvalue weighted by atomic mass is 10.2. The third-order valence-corrected chi connectivity index (χ3v) is 2.68. The van der Waals surface area contributed by atoms with Crippen LogP contribution in [0.25, 0.3) is 0 Å². The Morgan fingerprint density at radius 2 is 2.11 bits per heavy atom. The first-order valence-corrected chi connectivity index (χ1v) is 5.62. The molecule has 19 heavy (non-hydrogen) atoms. The van der Waals surface area contributed by atoms with E-state index in [0.717, 1.165) is 0 Å². The number of nitrogens with zero attached hydrogens (tertiary/aromatic N) is 1. The zero-order valence-electron chi connectivity index (χ0n) is 9.65. The van der Waals surface area contributed by atoms with Gasteiger partial charge in [0, 0.05) is 5.69 Å². The molecule has 0 aliphatic carbocycles. The van der Waals surface area contributed by atoms with Crippen LogP contribution in [0.5, 0.6) is 0 Å². The summed E-state index contributed by atoms with van der Waals surface area (Å²) in [6.45, 7) is 0. The number of primary amides is 1. The summed E-state index contributed by atoms with van der Waals surface area (Å²) < 4.78 is 13.0. The molecule has 0 fully saturated rings. The molecule has 1 heterocycles. The Morgan fingerprint density at radius 1 is 1.37 bits per heavy atom. The highest BCUT2D eigenvalue weighted by molar-refractivity contribution is 6.31. The van der Waals surface area contributed by atoms with Crippen LogP contribution in [0.15, 0.2) is 30.5 Å². The van der Waals surface area contributed by atoms with Crippen molar-refractivity contribution in [2.24, 2.45) is 5.73 Å². The molecular formula is C12H10ClFN4O. The summed E-state index contributed by atoms with van der Waals surface area (Å²) in [5, 5.41) is 2.85. The van der Waals surface area contributed by atoms with Crippen molar-refractivity contribution in [3.63, 3.8) is 0 Å². The second kappa shape index (κ2) is 5.11. The van der Waals surface area contributed by atoms with Crippen molar-refractivity contribution < 1.29 is 9.18 Å². The molecule has 0 atom stereocenters. The zero-order valence-corrected chi connectivity index (χ0v) is 10.4. The van der Waals surface area contributed by atoms with Gasteiger partial charge in [0.1, 0.15) is 11.6 Å². The maximum Gasteiger partial charge on any atom is 0.251 e. The van der Waals surface area contributed by atoms with Crippen molar-refractivity contribution in [2.75, 3.05) is 11.1 Å². The van der Waals surface area contributed by atoms with E-state index in [9.17, 15) is 9.18 Å². The summed E-state index contributed by atoms with van der Waals surface area (Å²) in [6, 6.07) is 5.43. The van der Waals surface area contributed by atoms with Crippen molar-refractivity contribution in [3.8, 4) is 0 Å². The summed E-state index contributed by atoms with van der Waals surface area (Å²) in [5.74, 6) is -1.00. The lowest BCUT2D eigenvalue weighted by molar-refractivity contribution is 0.100. The molecule has 2 aromatic rings. The van der Waals surface area contributed by atoms with Gasteiger partial charge < -0.3 is 16.8 Å². The number of carbonyl (C=O) groups is 1. The number of nitrogen functional groups attached to an aromatic ring is 1. The van der Waals surface area contributed by atoms with Crippen molar-refractivity contribution in [1.82, 2.24) is 4.98 Å². The number of pyridine rings is 1. The Hall–Kier alpha value is -2.34. The van der Waals surface area contributed by atoms with E-state index < -0.39 is 11.7 Å². The fourth-order valence-corrected chi connectivity index (χ4v) is 1.68. The van der Waals surface area contributed by atoms with Gasteiger partial charge in [-0.25, -0.2) is 9.37 Å². The van der Waals surface area contributed by atoms with Crippen LogP contribution in [0.2, 0.25) is 5.02 Å². The first-order valence-electron chi connectivity index (χ1n) is 5.25. The van der Waals surface area contributed by atoms with Gasteiger partial charge in [-0.15, -0.1) is 0 Å². The van der Waals surface area contributed by atoms with Gasteiger partial charge in [-0.2, -0.15) is 0 Å². The third-order valence-electron chi connectivity index (χ3n) is 2.39. The largest absolute Gasteiger partial charge is 0.384 e. The molecule has 1 aromatic heterocycles. The first-order chi connectivity index (χ1) is 8.97. The number of rotatable bonds is 3. The van der Waals surface area contributed by atoms with Crippen LogP contribution >= 0.6 is 11.6 Å². The molecule has 0 spiro atoms. The van der Waals surface area contributed by atoms with Crippen LogP contribution in [-0.2, 0) is 0 Å². The summed E-state index contributed by atoms with van der Waals surface area (Å²) in [4.78, 5) is 15.2. The van der Waals surface area contributed by atoms with Gasteiger partial charge in [0.15, 0.2) is 0 Å². The zero-order chi connectivity index (χ0) is 14.0. The minimum Gasteiger partial charge on any atom is -0.384 e. The highest BCUT2D eigenvalue weighted by atomic mass is 35.5. The Bertz CT molecular complexity index is 648. The van der Waals surface area contributed by atoms with Crippen molar-refractivity contribution in [1.29, 1.82) is 0 Å². The Morgan fingerprint density at radius 3 is 2.74 bits per heavy atom. The van der Waals surface area contributed by atoms with Crippen LogP contribution in [0.4, 0.5) is 21.6 Å². The summed E-state index contributed by atoms with van der Waals surface area (Å²) in [7, 11) is 0. The van der Waals surface area contributed by atoms with E-state index in [4.69, 9.17) is 23.1 Å². The number of hydrogen-bond acceptors (Lipinski definition) is 4. The second-order valence-electron chi connectivity index (χ2n) is 3.77. The molecule has 0 saturated carbocycles. The van der Waals surface area contributed by atoms with Gasteiger partial charge in [0.2, 0.25) is 0 Å². The van der Waals surface area contributed by atoms with Crippen LogP contribution in [0, 0.1) is 5.82 Å². The van der Waals surface area contributed by atoms with Crippen molar-refractivity contribution >= 4 is 34.7 Å². The number of amides is 1. The molecule has 0 saturated heterocycles. The molecular weight excluding hydrogens is 271 g/mol. The monoisotopic (exact) mass is 280 g/mol. The van der Waals surface area contributed by atoms with E-state index in [1.165, 1.54) is 30.5 Å². The van der Waals surface area contributed by atoms with Gasteiger partial charge in [0.05, 0.1) is 22.5 Å². The third kappa shape index (κ3) is 2.92. The maximum atomic E-state index is 13.0. The smallest absolute Gasteiger partial charge is 0.251 e. The van der Waals surface area contributed by atoms with Crippen LogP contribution in [0.1, 0.15) is 10.4 Å². The molecule has 0 unspecified atom stereocenters. The van der Waals surface area contributed by atoms with Gasteiger partial charge in [0.25, 0.3) is 5.91 Å². The number of hydrogen-bond donors (Lipinski definition) is 3. The number of aromatic nitrogens is 1. The lowest BCUT2D eigenvalue weighted by Crippen LogP contribution is -2.14. The molecule has 1 amide bonds. The minimum atomic E-state index is -0.648. The normalized spacial score (nSPS) is 10.2. The molecule has 2 rings (SSSR count). The molecule has 5 nitrogen and oxygen atoms in total. The quantitative estimate of drug-likeness (QED) is 0.804. The second-order valence-corrected chi connectivity index (χ2v) is 4.18. The predicted molar refractivity (Wildman–Crippen MR) is 71.9 cm³/mol. The Balaban J connectivity index is 2.37. The molecule has 0 aliphatic heterocycles. The predicted octanol–water partition coefficient (Wildman–Crippen LogP) is 2.30. The molecule has 5 N–H and O–H groups in total. The first kappa shape index (κ1) is 13.1. The van der Waals surface area contributed by atoms with Crippen LogP contribution in [-0.4, -0.2) is 10.9 Å². The number of nitrogens with one attached hydrogen (secondary N) is 1. The SMILES string of the molecule is NC(=O)c1cc(N)ncc1Nc1ccc(F)c(Cl)c1. The highest BCUT2D eigenvalue weighted by Gasteiger charge is 2.10. The van der Waals surface area contributed by atoms with E-state index in [1.807, 2.05) is 0 Å². The molecule has 0 aliphatic rings. The molecule has 0 radical (unpaired) electrons. The lowest BCUT2D eigenvalue weighted by Gasteiger charge is -2.10. The topological polar surface area (TPSA) is 94.0 Å². The molecule has 7 heteroatoms. The molecule has 1 aromatic carbocycles. The number of benzene rings is 1. The van der Waals surface area contributed by atoms with Crippen LogP contribution in [0.3, 0.4) is 0 Å². The Kier molecular flexibility index (Phi) is 3.52. The van der Waals surface area contributed by atoms with Crippen LogP contribution < -0.4 is 16.8 Å². The summed E-state index contributed by atoms with van der Waals surface area (Å²) >= 11 is 5.67. The maximum absolute atomic E-state index is 13.0. The number of halogens is 2. The Labute approximate surface area is 113 Å². The van der Waals surface area contributed by atoms with E-state index in [2.05, 4.69) is 10.3 Å². The van der Waals surface area contributed by atoms with E-state index in [-0.39, 0.29) is 16.4 Å². The molecule has 0 bridgehead atoms. The highest BCUT2D eigenvalue weighted by Crippen LogP contribution is 2.25. The van der Waals surface area contributed by atoms with E-state index in [0.29, 0.717) is 11.4 Å². The van der Waals surface area contributed by atoms with Gasteiger partial charge >= 0.3 is 0 Å². The van der Waals surface area contributed by atoms with Crippen molar-refractivity contribution in [3.05, 3.63) is 46.9 Å². The standard InChI is InChI=1S/C12H10ClFN4O/c13-8-3-6(1-2-9(8)14)18-10-5-17-11(15)4-7(10)12(16)19/h1-5,18H,(H2,15,17)(H2,16,19). The average Bonchev–Trinajstić information content (AvgIpc) is 2.36. The van der Waals surface area contributed by atoms with E-state index >= 15 is 0 Å². The number of anilines is 3. The summed E-state index contributed by atoms with van der Waals surface area (Å²) in [5.41, 5.74) is 11.8. The van der Waals surface area contributed by atoms with Gasteiger partial charge in [-0.1, -0.05) is 11.6 Å². The van der Waals surface area contributed by atoms with Gasteiger partial charge in [-0.3, -0.25) is 4.79 Å².